The SMILES string of the molecule is CC(c1cccc(F)c1F)c1nc(=O)c2cccnc2n1CC(=O)O. The second kappa shape index (κ2) is 6.39. The topological polar surface area (TPSA) is 85.1 Å². The molecule has 0 fully saturated rings. The number of fused-ring (bicyclic) bond motifs is 1. The molecule has 1 unspecified atom stereocenters. The summed E-state index contributed by atoms with van der Waals surface area (Å²) >= 11 is 0. The first-order valence-electron chi connectivity index (χ1n) is 7.41. The molecule has 128 valence electrons. The Hall–Kier alpha value is -3.16. The third-order valence-electron chi connectivity index (χ3n) is 3.89. The summed E-state index contributed by atoms with van der Waals surface area (Å²) in [6.45, 7) is 1.00. The lowest BCUT2D eigenvalue weighted by molar-refractivity contribution is -0.137. The monoisotopic (exact) mass is 345 g/mol. The highest BCUT2D eigenvalue weighted by molar-refractivity contribution is 5.76. The highest BCUT2D eigenvalue weighted by Crippen LogP contribution is 2.27. The molecule has 1 N–H and O–H groups in total. The van der Waals surface area contributed by atoms with Crippen molar-refractivity contribution >= 4 is 17.0 Å². The lowest BCUT2D eigenvalue weighted by atomic mass is 9.99. The summed E-state index contributed by atoms with van der Waals surface area (Å²) in [7, 11) is 0. The zero-order chi connectivity index (χ0) is 18.1. The average Bonchev–Trinajstić information content (AvgIpc) is 2.59. The molecule has 0 aliphatic carbocycles. The zero-order valence-electron chi connectivity index (χ0n) is 13.1. The van der Waals surface area contributed by atoms with Crippen LogP contribution in [-0.4, -0.2) is 25.6 Å². The minimum Gasteiger partial charge on any atom is -0.480 e. The summed E-state index contributed by atoms with van der Waals surface area (Å²) in [4.78, 5) is 31.5. The lowest BCUT2D eigenvalue weighted by Crippen LogP contribution is -2.25. The van der Waals surface area contributed by atoms with E-state index in [1.54, 1.807) is 0 Å². The summed E-state index contributed by atoms with van der Waals surface area (Å²) in [6, 6.07) is 6.69. The number of aliphatic carboxylic acids is 1. The number of carboxylic acids is 1. The van der Waals surface area contributed by atoms with Crippen LogP contribution in [0.25, 0.3) is 11.0 Å². The van der Waals surface area contributed by atoms with Crippen molar-refractivity contribution in [1.82, 2.24) is 14.5 Å². The largest absolute Gasteiger partial charge is 0.480 e. The van der Waals surface area contributed by atoms with E-state index >= 15 is 0 Å². The van der Waals surface area contributed by atoms with Crippen LogP contribution in [0, 0.1) is 11.6 Å². The second-order valence-electron chi connectivity index (χ2n) is 5.49. The fourth-order valence-corrected chi connectivity index (χ4v) is 2.73. The predicted molar refractivity (Wildman–Crippen MR) is 85.3 cm³/mol. The smallest absolute Gasteiger partial charge is 0.323 e. The van der Waals surface area contributed by atoms with Gasteiger partial charge in [-0.1, -0.05) is 19.1 Å². The standard InChI is InChI=1S/C17H13F2N3O3/c1-9(10-4-2-6-12(18)14(10)19)15-21-17(25)11-5-3-7-20-16(11)22(15)8-13(23)24/h2-7,9H,8H2,1H3,(H,23,24). The van der Waals surface area contributed by atoms with E-state index in [1.165, 1.54) is 42.0 Å². The number of aromatic nitrogens is 3. The molecule has 6 nitrogen and oxygen atoms in total. The van der Waals surface area contributed by atoms with E-state index in [-0.39, 0.29) is 22.4 Å². The molecule has 3 aromatic rings. The third kappa shape index (κ3) is 2.98. The Morgan fingerprint density at radius 3 is 2.76 bits per heavy atom. The van der Waals surface area contributed by atoms with E-state index in [1.807, 2.05) is 0 Å². The lowest BCUT2D eigenvalue weighted by Gasteiger charge is -2.19. The Labute approximate surface area is 140 Å². The van der Waals surface area contributed by atoms with E-state index < -0.39 is 35.6 Å². The Morgan fingerprint density at radius 1 is 1.28 bits per heavy atom. The van der Waals surface area contributed by atoms with Crippen LogP contribution in [0.4, 0.5) is 8.78 Å². The van der Waals surface area contributed by atoms with Crippen molar-refractivity contribution in [1.29, 1.82) is 0 Å². The first kappa shape index (κ1) is 16.7. The fourth-order valence-electron chi connectivity index (χ4n) is 2.73. The molecule has 2 heterocycles. The first-order valence-corrected chi connectivity index (χ1v) is 7.41. The van der Waals surface area contributed by atoms with Gasteiger partial charge in [-0.05, 0) is 18.2 Å². The third-order valence-corrected chi connectivity index (χ3v) is 3.89. The van der Waals surface area contributed by atoms with Gasteiger partial charge < -0.3 is 9.67 Å². The van der Waals surface area contributed by atoms with Crippen LogP contribution >= 0.6 is 0 Å². The molecule has 25 heavy (non-hydrogen) atoms. The Kier molecular flexibility index (Phi) is 4.26. The number of carboxylic acid groups (broad SMARTS) is 1. The van der Waals surface area contributed by atoms with Gasteiger partial charge in [-0.15, -0.1) is 0 Å². The summed E-state index contributed by atoms with van der Waals surface area (Å²) < 4.78 is 28.9. The molecule has 0 spiro atoms. The van der Waals surface area contributed by atoms with Crippen molar-refractivity contribution < 1.29 is 18.7 Å². The van der Waals surface area contributed by atoms with Crippen molar-refractivity contribution in [2.24, 2.45) is 0 Å². The normalized spacial score (nSPS) is 12.3. The van der Waals surface area contributed by atoms with Gasteiger partial charge in [0, 0.05) is 17.7 Å². The van der Waals surface area contributed by atoms with Crippen LogP contribution in [0.3, 0.4) is 0 Å². The number of nitrogens with zero attached hydrogens (tertiary/aromatic N) is 3. The highest BCUT2D eigenvalue weighted by Gasteiger charge is 2.23. The molecule has 0 bridgehead atoms. The van der Waals surface area contributed by atoms with Gasteiger partial charge in [-0.3, -0.25) is 9.59 Å². The molecule has 0 aliphatic rings. The maximum atomic E-state index is 14.1. The number of hydrogen-bond acceptors (Lipinski definition) is 4. The van der Waals surface area contributed by atoms with Crippen molar-refractivity contribution in [2.45, 2.75) is 19.4 Å². The number of benzene rings is 1. The Bertz CT molecular complexity index is 1030. The molecule has 8 heteroatoms. The van der Waals surface area contributed by atoms with Gasteiger partial charge >= 0.3 is 5.97 Å². The van der Waals surface area contributed by atoms with Crippen LogP contribution in [0.5, 0.6) is 0 Å². The summed E-state index contributed by atoms with van der Waals surface area (Å²) in [6.07, 6.45) is 1.41. The van der Waals surface area contributed by atoms with Gasteiger partial charge in [0.15, 0.2) is 11.6 Å². The molecule has 0 saturated heterocycles. The van der Waals surface area contributed by atoms with Gasteiger partial charge in [0.2, 0.25) is 0 Å². The minimum atomic E-state index is -1.18. The zero-order valence-corrected chi connectivity index (χ0v) is 13.1. The van der Waals surface area contributed by atoms with Gasteiger partial charge in [-0.25, -0.2) is 13.8 Å². The molecule has 0 amide bonds. The van der Waals surface area contributed by atoms with Crippen LogP contribution < -0.4 is 5.56 Å². The number of hydrogen-bond donors (Lipinski definition) is 1. The van der Waals surface area contributed by atoms with Crippen LogP contribution in [0.1, 0.15) is 24.2 Å². The van der Waals surface area contributed by atoms with Gasteiger partial charge in [0.05, 0.1) is 5.39 Å². The van der Waals surface area contributed by atoms with E-state index in [9.17, 15) is 23.5 Å². The maximum absolute atomic E-state index is 14.1. The second-order valence-corrected chi connectivity index (χ2v) is 5.49. The van der Waals surface area contributed by atoms with Gasteiger partial charge in [0.25, 0.3) is 5.56 Å². The van der Waals surface area contributed by atoms with Crippen LogP contribution in [-0.2, 0) is 11.3 Å². The summed E-state index contributed by atoms with van der Waals surface area (Å²) in [5, 5.41) is 9.33. The molecule has 3 rings (SSSR count). The van der Waals surface area contributed by atoms with Crippen molar-refractivity contribution in [3.05, 3.63) is 69.9 Å². The molecule has 2 aromatic heterocycles. The number of carbonyl (C=O) groups is 1. The van der Waals surface area contributed by atoms with Crippen LogP contribution in [0.2, 0.25) is 0 Å². The number of pyridine rings is 1. The highest BCUT2D eigenvalue weighted by atomic mass is 19.2. The summed E-state index contributed by atoms with van der Waals surface area (Å²) in [5.74, 6) is -4.12. The molecule has 1 atom stereocenters. The van der Waals surface area contributed by atoms with Crippen LogP contribution in [0.15, 0.2) is 41.3 Å². The van der Waals surface area contributed by atoms with E-state index in [2.05, 4.69) is 9.97 Å². The van der Waals surface area contributed by atoms with E-state index in [0.29, 0.717) is 0 Å². The van der Waals surface area contributed by atoms with Gasteiger partial charge in [0.1, 0.15) is 18.0 Å². The first-order chi connectivity index (χ1) is 11.9. The predicted octanol–water partition coefficient (Wildman–Crippen LogP) is 2.31. The molecule has 0 aliphatic heterocycles. The van der Waals surface area contributed by atoms with Crippen molar-refractivity contribution in [2.75, 3.05) is 0 Å². The quantitative estimate of drug-likeness (QED) is 0.784. The van der Waals surface area contributed by atoms with Gasteiger partial charge in [-0.2, -0.15) is 4.98 Å². The number of rotatable bonds is 4. The minimum absolute atomic E-state index is 0.00287. The maximum Gasteiger partial charge on any atom is 0.323 e. The summed E-state index contributed by atoms with van der Waals surface area (Å²) in [5.41, 5.74) is -0.506. The Morgan fingerprint density at radius 2 is 2.04 bits per heavy atom. The van der Waals surface area contributed by atoms with Crippen molar-refractivity contribution in [3.8, 4) is 0 Å². The molecular weight excluding hydrogens is 332 g/mol. The molecule has 1 aromatic carbocycles. The molecule has 0 radical (unpaired) electrons. The van der Waals surface area contributed by atoms with E-state index in [0.717, 1.165) is 6.07 Å². The van der Waals surface area contributed by atoms with Crippen molar-refractivity contribution in [3.63, 3.8) is 0 Å². The van der Waals surface area contributed by atoms with E-state index in [4.69, 9.17) is 0 Å². The fraction of sp³-hybridized carbons (Fsp3) is 0.176. The Balaban J connectivity index is 2.29. The molecule has 0 saturated carbocycles. The number of halogens is 2. The molecular formula is C17H13F2N3O3. The average molecular weight is 345 g/mol.